The Kier molecular flexibility index (Phi) is 9.54. The average Bonchev–Trinajstić information content (AvgIpc) is 2.83. The quantitative estimate of drug-likeness (QED) is 0.199. The van der Waals surface area contributed by atoms with Gasteiger partial charge in [-0.25, -0.2) is 4.79 Å². The first-order valence-electron chi connectivity index (χ1n) is 10.00. The summed E-state index contributed by atoms with van der Waals surface area (Å²) in [5.74, 6) is 0. The number of amides is 2. The van der Waals surface area contributed by atoms with Crippen LogP contribution >= 0.6 is 65.3 Å². The van der Waals surface area contributed by atoms with E-state index in [4.69, 9.17) is 62.7 Å². The molecule has 0 radical (unpaired) electrons. The Morgan fingerprint density at radius 3 is 1.47 bits per heavy atom. The van der Waals surface area contributed by atoms with E-state index in [0.717, 1.165) is 15.9 Å². The van der Waals surface area contributed by atoms with E-state index in [0.29, 0.717) is 5.44 Å². The maximum absolute atomic E-state index is 13.1. The molecule has 1 atom stereocenters. The van der Waals surface area contributed by atoms with Gasteiger partial charge in [0.15, 0.2) is 18.0 Å². The van der Waals surface area contributed by atoms with Gasteiger partial charge < -0.3 is 10.1 Å². The molecule has 3 rings (SSSR count). The summed E-state index contributed by atoms with van der Waals surface area (Å²) in [5, 5.41) is 8.17. The maximum atomic E-state index is 13.1. The van der Waals surface area contributed by atoms with E-state index in [1.54, 1.807) is 0 Å². The standard InChI is InChI=1S/C24H20Cl5N2O2P/c1-33-22(24(27,28)29)31-23(32)30-21(20(25)26)34(17-11-5-2-6-12-17,18-13-7-3-8-14-18)19-15-9-4-10-16-19/h2-16,22H,1H3,(H-,30,31,32)/p+1. The molecule has 2 N–H and O–H groups in total. The van der Waals surface area contributed by atoms with Crippen molar-refractivity contribution in [2.24, 2.45) is 0 Å². The van der Waals surface area contributed by atoms with Crippen molar-refractivity contribution in [3.63, 3.8) is 0 Å². The topological polar surface area (TPSA) is 50.4 Å². The first kappa shape index (κ1) is 27.1. The third-order valence-electron chi connectivity index (χ3n) is 4.97. The van der Waals surface area contributed by atoms with Crippen molar-refractivity contribution in [3.8, 4) is 0 Å². The van der Waals surface area contributed by atoms with Crippen LogP contribution in [0, 0.1) is 0 Å². The van der Waals surface area contributed by atoms with E-state index < -0.39 is 23.3 Å². The summed E-state index contributed by atoms with van der Waals surface area (Å²) < 4.78 is 3.13. The van der Waals surface area contributed by atoms with Crippen molar-refractivity contribution >= 4 is 87.2 Å². The SMILES string of the molecule is COC(NC(=O)NC(=C(Cl)Cl)[P+](c1ccccc1)(c1ccccc1)c1ccccc1)C(Cl)(Cl)Cl. The highest BCUT2D eigenvalue weighted by Gasteiger charge is 2.52. The van der Waals surface area contributed by atoms with E-state index in [1.807, 2.05) is 91.0 Å². The summed E-state index contributed by atoms with van der Waals surface area (Å²) in [6.45, 7) is 0. The van der Waals surface area contributed by atoms with Gasteiger partial charge in [-0.15, -0.1) is 0 Å². The zero-order chi connectivity index (χ0) is 24.8. The lowest BCUT2D eigenvalue weighted by atomic mass is 10.4. The number of rotatable bonds is 7. The fraction of sp³-hybridized carbons (Fsp3) is 0.125. The Morgan fingerprint density at radius 2 is 1.18 bits per heavy atom. The smallest absolute Gasteiger partial charge is 0.323 e. The maximum Gasteiger partial charge on any atom is 0.323 e. The van der Waals surface area contributed by atoms with Crippen molar-refractivity contribution < 1.29 is 9.53 Å². The molecule has 10 heteroatoms. The molecule has 0 fully saturated rings. The van der Waals surface area contributed by atoms with Gasteiger partial charge in [0.2, 0.25) is 9.23 Å². The zero-order valence-corrected chi connectivity index (χ0v) is 22.6. The van der Waals surface area contributed by atoms with Crippen molar-refractivity contribution in [2.75, 3.05) is 7.11 Å². The number of ether oxygens (including phenoxy) is 1. The third-order valence-corrected chi connectivity index (χ3v) is 10.4. The van der Waals surface area contributed by atoms with Crippen LogP contribution in [0.1, 0.15) is 0 Å². The van der Waals surface area contributed by atoms with Gasteiger partial charge in [-0.1, -0.05) is 113 Å². The van der Waals surface area contributed by atoms with Crippen LogP contribution in [-0.4, -0.2) is 23.2 Å². The summed E-state index contributed by atoms with van der Waals surface area (Å²) in [6.07, 6.45) is -1.22. The number of halogens is 5. The molecular weight excluding hydrogens is 557 g/mol. The molecule has 0 saturated heterocycles. The first-order chi connectivity index (χ1) is 16.2. The van der Waals surface area contributed by atoms with E-state index in [1.165, 1.54) is 7.11 Å². The summed E-state index contributed by atoms with van der Waals surface area (Å²) >= 11 is 30.8. The minimum atomic E-state index is -2.76. The van der Waals surface area contributed by atoms with Gasteiger partial charge in [-0.2, -0.15) is 0 Å². The predicted octanol–water partition coefficient (Wildman–Crippen LogP) is 6.23. The summed E-state index contributed by atoms with van der Waals surface area (Å²) in [7, 11) is -1.45. The second-order valence-corrected chi connectivity index (χ2v) is 13.7. The van der Waals surface area contributed by atoms with Crippen LogP contribution in [0.3, 0.4) is 0 Å². The second kappa shape index (κ2) is 12.0. The lowest BCUT2D eigenvalue weighted by molar-refractivity contribution is 0.0848. The number of alkyl halides is 3. The van der Waals surface area contributed by atoms with E-state index in [-0.39, 0.29) is 4.49 Å². The van der Waals surface area contributed by atoms with Crippen molar-refractivity contribution in [1.29, 1.82) is 0 Å². The zero-order valence-electron chi connectivity index (χ0n) is 17.9. The minimum absolute atomic E-state index is 0.0945. The Bertz CT molecular complexity index is 1030. The number of methoxy groups -OCH3 is 1. The van der Waals surface area contributed by atoms with Gasteiger partial charge in [0, 0.05) is 7.11 Å². The van der Waals surface area contributed by atoms with Crippen molar-refractivity contribution in [2.45, 2.75) is 10.0 Å². The molecule has 0 aliphatic heterocycles. The van der Waals surface area contributed by atoms with Gasteiger partial charge in [0.05, 0.1) is 0 Å². The molecule has 3 aromatic carbocycles. The van der Waals surface area contributed by atoms with Gasteiger partial charge in [0.1, 0.15) is 15.9 Å². The van der Waals surface area contributed by atoms with Crippen LogP contribution in [-0.2, 0) is 4.74 Å². The highest BCUT2D eigenvalue weighted by Crippen LogP contribution is 2.63. The Labute approximate surface area is 224 Å². The molecule has 0 aromatic heterocycles. The molecule has 0 spiro atoms. The molecular formula is C24H21Cl5N2O2P+. The highest BCUT2D eigenvalue weighted by molar-refractivity contribution is 7.99. The van der Waals surface area contributed by atoms with Crippen LogP contribution < -0.4 is 26.5 Å². The summed E-state index contributed by atoms with van der Waals surface area (Å²) in [6, 6.07) is 28.6. The lowest BCUT2D eigenvalue weighted by Gasteiger charge is -2.30. The van der Waals surface area contributed by atoms with Crippen LogP contribution in [0.15, 0.2) is 101 Å². The van der Waals surface area contributed by atoms with E-state index in [9.17, 15) is 4.79 Å². The second-order valence-electron chi connectivity index (χ2n) is 7.04. The molecule has 0 aliphatic carbocycles. The number of urea groups is 1. The summed E-state index contributed by atoms with van der Waals surface area (Å²) in [5.41, 5.74) is 0.330. The largest absolute Gasteiger partial charge is 0.357 e. The fourth-order valence-corrected chi connectivity index (χ4v) is 8.92. The van der Waals surface area contributed by atoms with Crippen molar-refractivity contribution in [1.82, 2.24) is 10.6 Å². The Morgan fingerprint density at radius 1 is 0.794 bits per heavy atom. The van der Waals surface area contributed by atoms with Crippen LogP contribution in [0.25, 0.3) is 0 Å². The van der Waals surface area contributed by atoms with Gasteiger partial charge in [0.25, 0.3) is 0 Å². The van der Waals surface area contributed by atoms with Gasteiger partial charge in [-0.05, 0) is 36.4 Å². The molecule has 0 saturated carbocycles. The number of hydrogen-bond donors (Lipinski definition) is 2. The number of hydrogen-bond acceptors (Lipinski definition) is 2. The average molecular weight is 578 g/mol. The molecule has 0 heterocycles. The van der Waals surface area contributed by atoms with Crippen LogP contribution in [0.2, 0.25) is 0 Å². The Hall–Kier alpha value is -1.49. The molecule has 34 heavy (non-hydrogen) atoms. The van der Waals surface area contributed by atoms with Crippen LogP contribution in [0.4, 0.5) is 4.79 Å². The monoisotopic (exact) mass is 575 g/mol. The predicted molar refractivity (Wildman–Crippen MR) is 147 cm³/mol. The summed E-state index contributed by atoms with van der Waals surface area (Å²) in [4.78, 5) is 13.1. The Balaban J connectivity index is 2.24. The third kappa shape index (κ3) is 6.01. The normalized spacial score (nSPS) is 12.5. The number of benzene rings is 3. The molecule has 2 amide bonds. The lowest BCUT2D eigenvalue weighted by Crippen LogP contribution is -2.50. The van der Waals surface area contributed by atoms with Gasteiger partial charge in [-0.3, -0.25) is 5.32 Å². The molecule has 0 bridgehead atoms. The van der Waals surface area contributed by atoms with Crippen LogP contribution in [0.5, 0.6) is 0 Å². The fourth-order valence-electron chi connectivity index (χ4n) is 3.58. The first-order valence-corrected chi connectivity index (χ1v) is 13.7. The number of nitrogens with one attached hydrogen (secondary N) is 2. The molecule has 178 valence electrons. The number of carbonyl (C=O) groups excluding carboxylic acids is 1. The molecule has 3 aromatic rings. The highest BCUT2D eigenvalue weighted by atomic mass is 35.6. The van der Waals surface area contributed by atoms with Gasteiger partial charge >= 0.3 is 6.03 Å². The molecule has 4 nitrogen and oxygen atoms in total. The van der Waals surface area contributed by atoms with E-state index in [2.05, 4.69) is 10.6 Å². The van der Waals surface area contributed by atoms with E-state index >= 15 is 0 Å². The molecule has 0 aliphatic rings. The minimum Gasteiger partial charge on any atom is -0.357 e. The van der Waals surface area contributed by atoms with Crippen molar-refractivity contribution in [3.05, 3.63) is 101 Å². The number of carbonyl (C=O) groups is 1. The molecule has 1 unspecified atom stereocenters.